The van der Waals surface area contributed by atoms with E-state index in [0.29, 0.717) is 25.2 Å². The van der Waals surface area contributed by atoms with Crippen LogP contribution in [0.15, 0.2) is 36.8 Å². The highest BCUT2D eigenvalue weighted by atomic mass is 19.4. The van der Waals surface area contributed by atoms with Gasteiger partial charge in [0, 0.05) is 36.6 Å². The number of aromatic nitrogens is 3. The lowest BCUT2D eigenvalue weighted by Crippen LogP contribution is -2.43. The molecule has 140 valence electrons. The summed E-state index contributed by atoms with van der Waals surface area (Å²) in [4.78, 5) is 18.0. The number of nitrogens with zero attached hydrogens (tertiary/aromatic N) is 4. The van der Waals surface area contributed by atoms with Gasteiger partial charge in [-0.15, -0.1) is 0 Å². The summed E-state index contributed by atoms with van der Waals surface area (Å²) >= 11 is 0. The van der Waals surface area contributed by atoms with E-state index >= 15 is 0 Å². The van der Waals surface area contributed by atoms with Gasteiger partial charge in [-0.05, 0) is 38.1 Å². The van der Waals surface area contributed by atoms with Crippen LogP contribution in [0.3, 0.4) is 0 Å². The van der Waals surface area contributed by atoms with Crippen molar-refractivity contribution in [1.82, 2.24) is 25.0 Å². The Labute approximate surface area is 149 Å². The minimum Gasteiger partial charge on any atom is -0.352 e. The molecule has 0 bridgehead atoms. The molecule has 0 saturated carbocycles. The second-order valence-electron chi connectivity index (χ2n) is 6.32. The number of alkyl halides is 3. The molecule has 1 N–H and O–H groups in total. The zero-order valence-corrected chi connectivity index (χ0v) is 14.1. The van der Waals surface area contributed by atoms with Crippen molar-refractivity contribution < 1.29 is 18.0 Å². The van der Waals surface area contributed by atoms with Crippen LogP contribution in [0, 0.1) is 5.92 Å². The van der Waals surface area contributed by atoms with Gasteiger partial charge in [-0.2, -0.15) is 18.3 Å². The predicted octanol–water partition coefficient (Wildman–Crippen LogP) is 2.16. The summed E-state index contributed by atoms with van der Waals surface area (Å²) in [5.74, 6) is 0.244. The number of hydrogen-bond donors (Lipinski definition) is 1. The van der Waals surface area contributed by atoms with Crippen LogP contribution in [0.5, 0.6) is 0 Å². The molecule has 0 aromatic carbocycles. The summed E-state index contributed by atoms with van der Waals surface area (Å²) in [5, 5.41) is 7.02. The SMILES string of the molecule is O=C(NCc1cccnc1-n1cccn1)C1CCN(CC(F)(F)F)CC1. The van der Waals surface area contributed by atoms with Crippen LogP contribution < -0.4 is 5.32 Å². The maximum atomic E-state index is 12.4. The fourth-order valence-corrected chi connectivity index (χ4v) is 3.10. The number of amides is 1. The zero-order chi connectivity index (χ0) is 18.6. The van der Waals surface area contributed by atoms with E-state index in [1.54, 1.807) is 35.4 Å². The zero-order valence-electron chi connectivity index (χ0n) is 14.1. The number of halogens is 3. The third-order valence-electron chi connectivity index (χ3n) is 4.40. The number of rotatable bonds is 5. The van der Waals surface area contributed by atoms with Crippen molar-refractivity contribution >= 4 is 5.91 Å². The Kier molecular flexibility index (Phi) is 5.55. The molecule has 9 heteroatoms. The van der Waals surface area contributed by atoms with Gasteiger partial charge in [-0.1, -0.05) is 6.07 Å². The van der Waals surface area contributed by atoms with Gasteiger partial charge in [0.05, 0.1) is 6.54 Å². The van der Waals surface area contributed by atoms with Crippen molar-refractivity contribution in [2.75, 3.05) is 19.6 Å². The molecule has 1 amide bonds. The molecule has 0 spiro atoms. The first-order valence-electron chi connectivity index (χ1n) is 8.43. The van der Waals surface area contributed by atoms with Crippen molar-refractivity contribution in [3.8, 4) is 5.82 Å². The van der Waals surface area contributed by atoms with Gasteiger partial charge in [-0.3, -0.25) is 9.69 Å². The standard InChI is InChI=1S/C17H20F3N5O/c18-17(19,20)12-24-9-4-13(5-10-24)16(26)22-11-14-3-1-6-21-15(14)25-8-2-7-23-25/h1-3,6-8,13H,4-5,9-12H2,(H,22,26). The molecule has 1 fully saturated rings. The quantitative estimate of drug-likeness (QED) is 0.880. The van der Waals surface area contributed by atoms with E-state index in [1.165, 1.54) is 4.90 Å². The first-order valence-corrected chi connectivity index (χ1v) is 8.43. The number of carbonyl (C=O) groups is 1. The summed E-state index contributed by atoms with van der Waals surface area (Å²) in [5.41, 5.74) is 0.819. The molecule has 0 atom stereocenters. The van der Waals surface area contributed by atoms with Crippen LogP contribution in [0.2, 0.25) is 0 Å². The number of likely N-dealkylation sites (tertiary alicyclic amines) is 1. The highest BCUT2D eigenvalue weighted by Crippen LogP contribution is 2.22. The molecule has 0 radical (unpaired) electrons. The molecule has 0 unspecified atom stereocenters. The van der Waals surface area contributed by atoms with Crippen molar-refractivity contribution in [3.63, 3.8) is 0 Å². The maximum absolute atomic E-state index is 12.4. The minimum absolute atomic E-state index is 0.132. The first kappa shape index (κ1) is 18.4. The van der Waals surface area contributed by atoms with Crippen LogP contribution >= 0.6 is 0 Å². The van der Waals surface area contributed by atoms with Gasteiger partial charge in [-0.25, -0.2) is 9.67 Å². The Balaban J connectivity index is 1.53. The molecule has 26 heavy (non-hydrogen) atoms. The minimum atomic E-state index is -4.20. The Morgan fingerprint density at radius 1 is 1.23 bits per heavy atom. The molecule has 0 aliphatic carbocycles. The first-order chi connectivity index (χ1) is 12.4. The van der Waals surface area contributed by atoms with Crippen LogP contribution in [0.25, 0.3) is 5.82 Å². The number of pyridine rings is 1. The lowest BCUT2D eigenvalue weighted by molar-refractivity contribution is -0.149. The van der Waals surface area contributed by atoms with Gasteiger partial charge < -0.3 is 5.32 Å². The van der Waals surface area contributed by atoms with E-state index in [1.807, 2.05) is 6.07 Å². The monoisotopic (exact) mass is 367 g/mol. The van der Waals surface area contributed by atoms with Crippen molar-refractivity contribution in [2.45, 2.75) is 25.6 Å². The normalized spacial score (nSPS) is 16.6. The molecule has 2 aromatic heterocycles. The Morgan fingerprint density at radius 3 is 2.65 bits per heavy atom. The largest absolute Gasteiger partial charge is 0.401 e. The molecule has 1 aliphatic heterocycles. The van der Waals surface area contributed by atoms with Crippen molar-refractivity contribution in [3.05, 3.63) is 42.4 Å². The summed E-state index contributed by atoms with van der Waals surface area (Å²) < 4.78 is 38.9. The number of carbonyl (C=O) groups excluding carboxylic acids is 1. The van der Waals surface area contributed by atoms with Crippen molar-refractivity contribution in [2.24, 2.45) is 5.92 Å². The van der Waals surface area contributed by atoms with E-state index in [-0.39, 0.29) is 24.9 Å². The highest BCUT2D eigenvalue weighted by Gasteiger charge is 2.33. The van der Waals surface area contributed by atoms with Gasteiger partial charge in [0.25, 0.3) is 0 Å². The third-order valence-corrected chi connectivity index (χ3v) is 4.40. The molecular weight excluding hydrogens is 347 g/mol. The molecular formula is C17H20F3N5O. The Hall–Kier alpha value is -2.42. The van der Waals surface area contributed by atoms with Gasteiger partial charge in [0.2, 0.25) is 5.91 Å². The summed E-state index contributed by atoms with van der Waals surface area (Å²) in [6.45, 7) is -0.0546. The van der Waals surface area contributed by atoms with Gasteiger partial charge in [0.15, 0.2) is 5.82 Å². The molecule has 6 nitrogen and oxygen atoms in total. The van der Waals surface area contributed by atoms with E-state index in [2.05, 4.69) is 15.4 Å². The number of nitrogens with one attached hydrogen (secondary N) is 1. The average Bonchev–Trinajstić information content (AvgIpc) is 3.13. The van der Waals surface area contributed by atoms with Crippen LogP contribution in [-0.4, -0.2) is 51.4 Å². The topological polar surface area (TPSA) is 63.1 Å². The molecule has 1 aliphatic rings. The van der Waals surface area contributed by atoms with E-state index in [0.717, 1.165) is 5.56 Å². The highest BCUT2D eigenvalue weighted by molar-refractivity contribution is 5.78. The third kappa shape index (κ3) is 4.81. The van der Waals surface area contributed by atoms with Gasteiger partial charge in [0.1, 0.15) is 0 Å². The summed E-state index contributed by atoms with van der Waals surface area (Å²) in [6.07, 6.45) is 1.73. The smallest absolute Gasteiger partial charge is 0.352 e. The Morgan fingerprint density at radius 2 is 2.00 bits per heavy atom. The van der Waals surface area contributed by atoms with Gasteiger partial charge >= 0.3 is 6.18 Å². The Bertz CT molecular complexity index is 724. The molecule has 1 saturated heterocycles. The van der Waals surface area contributed by atoms with Crippen LogP contribution in [-0.2, 0) is 11.3 Å². The van der Waals surface area contributed by atoms with E-state index in [9.17, 15) is 18.0 Å². The predicted molar refractivity (Wildman–Crippen MR) is 88.4 cm³/mol. The second kappa shape index (κ2) is 7.86. The maximum Gasteiger partial charge on any atom is 0.401 e. The van der Waals surface area contributed by atoms with E-state index in [4.69, 9.17) is 0 Å². The molecule has 3 heterocycles. The van der Waals surface area contributed by atoms with Crippen LogP contribution in [0.1, 0.15) is 18.4 Å². The fourth-order valence-electron chi connectivity index (χ4n) is 3.10. The average molecular weight is 367 g/mol. The van der Waals surface area contributed by atoms with Crippen molar-refractivity contribution in [1.29, 1.82) is 0 Å². The fraction of sp³-hybridized carbons (Fsp3) is 0.471. The van der Waals surface area contributed by atoms with Crippen LogP contribution in [0.4, 0.5) is 13.2 Å². The summed E-state index contributed by atoms with van der Waals surface area (Å²) in [7, 11) is 0. The number of hydrogen-bond acceptors (Lipinski definition) is 4. The second-order valence-corrected chi connectivity index (χ2v) is 6.32. The summed E-state index contributed by atoms with van der Waals surface area (Å²) in [6, 6.07) is 5.42. The van der Waals surface area contributed by atoms with E-state index < -0.39 is 12.7 Å². The molecule has 2 aromatic rings. The number of piperidine rings is 1. The lowest BCUT2D eigenvalue weighted by Gasteiger charge is -2.31. The molecule has 3 rings (SSSR count). The lowest BCUT2D eigenvalue weighted by atomic mass is 9.96.